The van der Waals surface area contributed by atoms with E-state index in [0.29, 0.717) is 12.6 Å². The predicted octanol–water partition coefficient (Wildman–Crippen LogP) is 3.72. The van der Waals surface area contributed by atoms with Crippen LogP contribution in [0, 0.1) is 6.92 Å². The summed E-state index contributed by atoms with van der Waals surface area (Å²) >= 11 is 0. The van der Waals surface area contributed by atoms with Crippen molar-refractivity contribution in [3.05, 3.63) is 71.3 Å². The molecule has 1 aliphatic carbocycles. The van der Waals surface area contributed by atoms with E-state index in [4.69, 9.17) is 4.74 Å². The summed E-state index contributed by atoms with van der Waals surface area (Å²) in [5, 5.41) is 8.57. The number of benzene rings is 2. The van der Waals surface area contributed by atoms with Gasteiger partial charge in [-0.3, -0.25) is 4.79 Å². The van der Waals surface area contributed by atoms with Gasteiger partial charge in [0.05, 0.1) is 5.52 Å². The monoisotopic (exact) mass is 470 g/mol. The van der Waals surface area contributed by atoms with Crippen molar-refractivity contribution in [2.45, 2.75) is 51.6 Å². The minimum atomic E-state index is 0.0631. The van der Waals surface area contributed by atoms with Gasteiger partial charge in [0.1, 0.15) is 23.8 Å². The molecule has 0 spiro atoms. The van der Waals surface area contributed by atoms with Crippen LogP contribution in [0.4, 0.5) is 0 Å². The molecule has 35 heavy (non-hydrogen) atoms. The lowest BCUT2D eigenvalue weighted by Crippen LogP contribution is -2.41. The van der Waals surface area contributed by atoms with Gasteiger partial charge in [-0.2, -0.15) is 0 Å². The molecule has 0 radical (unpaired) electrons. The van der Waals surface area contributed by atoms with Crippen LogP contribution in [0.15, 0.2) is 48.8 Å². The average Bonchev–Trinajstić information content (AvgIpc) is 3.65. The van der Waals surface area contributed by atoms with Crippen molar-refractivity contribution in [2.24, 2.45) is 0 Å². The van der Waals surface area contributed by atoms with Crippen molar-refractivity contribution in [3.63, 3.8) is 0 Å². The smallest absolute Gasteiger partial charge is 0.260 e. The molecule has 0 N–H and O–H groups in total. The van der Waals surface area contributed by atoms with Crippen molar-refractivity contribution in [2.75, 3.05) is 19.7 Å². The quantitative estimate of drug-likeness (QED) is 0.429. The lowest BCUT2D eigenvalue weighted by Gasteiger charge is -2.32. The van der Waals surface area contributed by atoms with Crippen LogP contribution in [-0.4, -0.2) is 55.0 Å². The van der Waals surface area contributed by atoms with Gasteiger partial charge in [0.2, 0.25) is 0 Å². The van der Waals surface area contributed by atoms with E-state index in [0.717, 1.165) is 61.4 Å². The van der Waals surface area contributed by atoms with Crippen molar-refractivity contribution in [1.82, 2.24) is 29.4 Å². The summed E-state index contributed by atoms with van der Waals surface area (Å²) in [5.41, 5.74) is 5.92. The number of aromatic nitrogens is 5. The molecule has 2 aromatic carbocycles. The van der Waals surface area contributed by atoms with Gasteiger partial charge in [0.15, 0.2) is 6.61 Å². The van der Waals surface area contributed by atoms with Gasteiger partial charge in [-0.25, -0.2) is 9.67 Å². The number of piperidine rings is 1. The largest absolute Gasteiger partial charge is 0.483 e. The van der Waals surface area contributed by atoms with Gasteiger partial charge in [-0.1, -0.05) is 23.4 Å². The summed E-state index contributed by atoms with van der Waals surface area (Å²) in [4.78, 5) is 19.5. The lowest BCUT2D eigenvalue weighted by molar-refractivity contribution is -0.134. The number of imidazole rings is 1. The molecule has 8 nitrogen and oxygen atoms in total. The van der Waals surface area contributed by atoms with Gasteiger partial charge >= 0.3 is 0 Å². The number of ether oxygens (including phenoxy) is 1. The number of carbonyl (C=O) groups is 1. The summed E-state index contributed by atoms with van der Waals surface area (Å²) in [6.07, 6.45) is 8.95. The molecule has 3 heterocycles. The predicted molar refractivity (Wildman–Crippen MR) is 132 cm³/mol. The highest BCUT2D eigenvalue weighted by atomic mass is 16.5. The molecule has 1 fully saturated rings. The Balaban J connectivity index is 1.07. The van der Waals surface area contributed by atoms with Gasteiger partial charge in [0, 0.05) is 31.4 Å². The second kappa shape index (κ2) is 9.17. The minimum Gasteiger partial charge on any atom is -0.483 e. The summed E-state index contributed by atoms with van der Waals surface area (Å²) < 4.78 is 10.1. The Morgan fingerprint density at radius 2 is 1.91 bits per heavy atom. The van der Waals surface area contributed by atoms with Gasteiger partial charge in [0.25, 0.3) is 5.91 Å². The van der Waals surface area contributed by atoms with Crippen molar-refractivity contribution in [3.8, 4) is 5.75 Å². The molecule has 1 saturated heterocycles. The first-order valence-corrected chi connectivity index (χ1v) is 12.5. The highest BCUT2D eigenvalue weighted by molar-refractivity contribution is 5.78. The van der Waals surface area contributed by atoms with E-state index in [2.05, 4.69) is 32.9 Å². The molecular formula is C27H30N6O2. The topological polar surface area (TPSA) is 78.1 Å². The maximum atomic E-state index is 12.9. The van der Waals surface area contributed by atoms with E-state index in [1.54, 1.807) is 0 Å². The second-order valence-corrected chi connectivity index (χ2v) is 9.61. The standard InChI is InChI=1S/C27H30N6O2/c1-19-9-10-25(22-6-4-5-21(19)22)35-17-26(34)31-14-11-20(12-15-31)27-28-13-16-32(27)18-33-24-8-3-2-7-23(24)29-30-33/h2-3,7-10,13,16,20H,4-6,11-12,14-15,17-18H2,1H3. The number of hydrogen-bond donors (Lipinski definition) is 0. The van der Waals surface area contributed by atoms with E-state index in [1.807, 2.05) is 52.3 Å². The van der Waals surface area contributed by atoms with E-state index in [-0.39, 0.29) is 12.5 Å². The zero-order valence-corrected chi connectivity index (χ0v) is 20.1. The van der Waals surface area contributed by atoms with Crippen LogP contribution in [0.5, 0.6) is 5.75 Å². The number of fused-ring (bicyclic) bond motifs is 2. The molecule has 1 aliphatic heterocycles. The van der Waals surface area contributed by atoms with E-state index in [9.17, 15) is 4.79 Å². The maximum absolute atomic E-state index is 12.9. The van der Waals surface area contributed by atoms with Gasteiger partial charge in [-0.15, -0.1) is 5.10 Å². The summed E-state index contributed by atoms with van der Waals surface area (Å²) in [7, 11) is 0. The Kier molecular flexibility index (Phi) is 5.72. The van der Waals surface area contributed by atoms with Crippen LogP contribution in [-0.2, 0) is 24.3 Å². The van der Waals surface area contributed by atoms with E-state index in [1.165, 1.54) is 23.1 Å². The Bertz CT molecular complexity index is 1370. The molecule has 0 bridgehead atoms. The Morgan fingerprint density at radius 1 is 1.09 bits per heavy atom. The number of hydrogen-bond acceptors (Lipinski definition) is 5. The molecule has 0 atom stereocenters. The zero-order valence-electron chi connectivity index (χ0n) is 20.1. The van der Waals surface area contributed by atoms with Gasteiger partial charge in [-0.05, 0) is 73.9 Å². The first-order valence-electron chi connectivity index (χ1n) is 12.5. The van der Waals surface area contributed by atoms with Crippen LogP contribution in [0.25, 0.3) is 11.0 Å². The van der Waals surface area contributed by atoms with Crippen LogP contribution in [0.2, 0.25) is 0 Å². The zero-order chi connectivity index (χ0) is 23.8. The normalized spacial score (nSPS) is 16.1. The Hall–Kier alpha value is -3.68. The third kappa shape index (κ3) is 4.17. The number of likely N-dealkylation sites (tertiary alicyclic amines) is 1. The SMILES string of the molecule is Cc1ccc(OCC(=O)N2CCC(c3nccn3Cn3nnc4ccccc43)CC2)c2c1CCC2. The first kappa shape index (κ1) is 21.8. The summed E-state index contributed by atoms with van der Waals surface area (Å²) in [5.74, 6) is 2.30. The Morgan fingerprint density at radius 3 is 2.80 bits per heavy atom. The van der Waals surface area contributed by atoms with Crippen molar-refractivity contribution >= 4 is 16.9 Å². The summed E-state index contributed by atoms with van der Waals surface area (Å²) in [6.45, 7) is 4.27. The number of rotatable bonds is 6. The fourth-order valence-corrected chi connectivity index (χ4v) is 5.57. The molecule has 2 aromatic heterocycles. The number of carbonyl (C=O) groups excluding carboxylic acids is 1. The van der Waals surface area contributed by atoms with Crippen molar-refractivity contribution < 1.29 is 9.53 Å². The molecule has 0 unspecified atom stereocenters. The highest BCUT2D eigenvalue weighted by Crippen LogP contribution is 2.33. The molecule has 180 valence electrons. The molecule has 1 amide bonds. The Labute approximate surface area is 204 Å². The minimum absolute atomic E-state index is 0.0631. The van der Waals surface area contributed by atoms with Crippen LogP contribution in [0.1, 0.15) is 47.7 Å². The van der Waals surface area contributed by atoms with Crippen molar-refractivity contribution in [1.29, 1.82) is 0 Å². The molecule has 6 rings (SSSR count). The number of aryl methyl sites for hydroxylation is 1. The second-order valence-electron chi connectivity index (χ2n) is 9.61. The maximum Gasteiger partial charge on any atom is 0.260 e. The number of amides is 1. The molecule has 8 heteroatoms. The number of nitrogens with zero attached hydrogens (tertiary/aromatic N) is 6. The van der Waals surface area contributed by atoms with E-state index >= 15 is 0 Å². The van der Waals surface area contributed by atoms with Crippen LogP contribution >= 0.6 is 0 Å². The highest BCUT2D eigenvalue weighted by Gasteiger charge is 2.27. The summed E-state index contributed by atoms with van der Waals surface area (Å²) in [6, 6.07) is 12.1. The van der Waals surface area contributed by atoms with Crippen LogP contribution in [0.3, 0.4) is 0 Å². The first-order chi connectivity index (χ1) is 17.2. The number of para-hydroxylation sites is 1. The third-order valence-corrected chi connectivity index (χ3v) is 7.49. The lowest BCUT2D eigenvalue weighted by atomic mass is 9.96. The molecule has 0 saturated carbocycles. The molecule has 4 aromatic rings. The fourth-order valence-electron chi connectivity index (χ4n) is 5.57. The van der Waals surface area contributed by atoms with Crippen LogP contribution < -0.4 is 4.74 Å². The fraction of sp³-hybridized carbons (Fsp3) is 0.407. The molecule has 2 aliphatic rings. The third-order valence-electron chi connectivity index (χ3n) is 7.49. The average molecular weight is 471 g/mol. The van der Waals surface area contributed by atoms with Gasteiger partial charge < -0.3 is 14.2 Å². The van der Waals surface area contributed by atoms with E-state index < -0.39 is 0 Å². The molecular weight excluding hydrogens is 440 g/mol.